The summed E-state index contributed by atoms with van der Waals surface area (Å²) in [6.45, 7) is 0. The van der Waals surface area contributed by atoms with Crippen LogP contribution in [0.1, 0.15) is 10.4 Å². The fraction of sp³-hybridized carbons (Fsp3) is 0. The van der Waals surface area contributed by atoms with Crippen molar-refractivity contribution in [2.45, 2.75) is 0 Å². The number of carbonyl (C=O) groups excluding carboxylic acids is 1. The lowest BCUT2D eigenvalue weighted by molar-refractivity contribution is 0.0380. The highest BCUT2D eigenvalue weighted by Crippen LogP contribution is 2.34. The molecule has 0 bridgehead atoms. The van der Waals surface area contributed by atoms with Crippen molar-refractivity contribution >= 4 is 22.1 Å². The van der Waals surface area contributed by atoms with Crippen LogP contribution in [0, 0.1) is 0 Å². The van der Waals surface area contributed by atoms with Gasteiger partial charge in [-0.2, -0.15) is 8.42 Å². The molecule has 13 heteroatoms. The van der Waals surface area contributed by atoms with Crippen molar-refractivity contribution in [2.75, 3.05) is 0 Å². The van der Waals surface area contributed by atoms with Gasteiger partial charge in [0.25, 0.3) is 5.88 Å². The van der Waals surface area contributed by atoms with Crippen molar-refractivity contribution in [1.29, 1.82) is 0 Å². The quantitative estimate of drug-likeness (QED) is 0.309. The first-order chi connectivity index (χ1) is 11.2. The molecular weight excluding hydrogens is 348 g/mol. The highest BCUT2D eigenvalue weighted by atomic mass is 32.3. The molecule has 126 valence electrons. The topological polar surface area (TPSA) is 184 Å². The van der Waals surface area contributed by atoms with Gasteiger partial charge in [-0.15, -0.1) is 4.73 Å². The summed E-state index contributed by atoms with van der Waals surface area (Å²) in [4.78, 5) is 19.1. The number of azide groups is 1. The van der Waals surface area contributed by atoms with Crippen molar-refractivity contribution in [1.82, 2.24) is 4.73 Å². The van der Waals surface area contributed by atoms with Gasteiger partial charge in [-0.3, -0.25) is 4.55 Å². The molecule has 1 aromatic heterocycles. The van der Waals surface area contributed by atoms with E-state index in [-0.39, 0.29) is 16.0 Å². The van der Waals surface area contributed by atoms with E-state index in [1.807, 2.05) is 0 Å². The van der Waals surface area contributed by atoms with E-state index in [9.17, 15) is 23.4 Å². The van der Waals surface area contributed by atoms with Crippen LogP contribution in [-0.4, -0.2) is 33.9 Å². The molecule has 0 fully saturated rings. The summed E-state index contributed by atoms with van der Waals surface area (Å²) >= 11 is 0. The zero-order chi connectivity index (χ0) is 17.9. The van der Waals surface area contributed by atoms with Gasteiger partial charge >= 0.3 is 16.4 Å². The lowest BCUT2D eigenvalue weighted by Gasteiger charge is -2.07. The predicted octanol–water partition coefficient (Wildman–Crippen LogP) is 1.29. The smallest absolute Gasteiger partial charge is 0.446 e. The maximum atomic E-state index is 11.9. The summed E-state index contributed by atoms with van der Waals surface area (Å²) in [5, 5.41) is 22.5. The first-order valence-corrected chi connectivity index (χ1v) is 7.26. The second-order valence-corrected chi connectivity index (χ2v) is 5.13. The van der Waals surface area contributed by atoms with Crippen LogP contribution < -0.4 is 9.02 Å². The molecule has 1 heterocycles. The third kappa shape index (κ3) is 3.86. The molecule has 0 aliphatic heterocycles. The summed E-state index contributed by atoms with van der Waals surface area (Å²) in [5.74, 6) is -3.85. The lowest BCUT2D eigenvalue weighted by atomic mass is 10.2. The van der Waals surface area contributed by atoms with Crippen LogP contribution >= 0.6 is 0 Å². The fourth-order valence-electron chi connectivity index (χ4n) is 1.57. The zero-order valence-electron chi connectivity index (χ0n) is 11.5. The van der Waals surface area contributed by atoms with Crippen LogP contribution in [0.25, 0.3) is 10.4 Å². The van der Waals surface area contributed by atoms with Crippen molar-refractivity contribution in [3.8, 4) is 17.5 Å². The number of benzene rings is 1. The summed E-state index contributed by atoms with van der Waals surface area (Å²) in [7, 11) is -4.96. The molecule has 1 aromatic carbocycles. The standard InChI is InChI=1S/C11H8N4O8S/c12-14-13-7-3-1-6(2-4-7)11(18)22-15-9(16)5-8(10(15)17)23-24(19,20)21/h1-5,16-17H,(H,19,20,21). The number of rotatable bonds is 5. The Morgan fingerprint density at radius 3 is 2.42 bits per heavy atom. The van der Waals surface area contributed by atoms with Crippen LogP contribution in [0.4, 0.5) is 5.69 Å². The Balaban J connectivity index is 2.24. The normalized spacial score (nSPS) is 10.7. The van der Waals surface area contributed by atoms with Crippen LogP contribution in [0.5, 0.6) is 17.5 Å². The number of carbonyl (C=O) groups is 1. The number of aromatic hydroxyl groups is 2. The monoisotopic (exact) mass is 356 g/mol. The van der Waals surface area contributed by atoms with Crippen LogP contribution in [-0.2, 0) is 10.4 Å². The van der Waals surface area contributed by atoms with Gasteiger partial charge < -0.3 is 19.2 Å². The summed E-state index contributed by atoms with van der Waals surface area (Å²) in [5.41, 5.74) is 8.48. The van der Waals surface area contributed by atoms with Gasteiger partial charge in [0.2, 0.25) is 11.6 Å². The summed E-state index contributed by atoms with van der Waals surface area (Å²) in [6, 6.07) is 5.73. The first-order valence-electron chi connectivity index (χ1n) is 5.89. The Hall–Kier alpha value is -3.41. The molecule has 24 heavy (non-hydrogen) atoms. The minimum absolute atomic E-state index is 0.0309. The molecule has 0 amide bonds. The van der Waals surface area contributed by atoms with Gasteiger partial charge in [-0.05, 0) is 17.7 Å². The second kappa shape index (κ2) is 6.37. The number of aromatic nitrogens is 1. The molecule has 2 aromatic rings. The Morgan fingerprint density at radius 2 is 1.88 bits per heavy atom. The first kappa shape index (κ1) is 17.0. The molecular formula is C11H8N4O8S. The van der Waals surface area contributed by atoms with Crippen molar-refractivity contribution in [2.24, 2.45) is 5.11 Å². The molecule has 0 atom stereocenters. The van der Waals surface area contributed by atoms with Gasteiger partial charge in [0, 0.05) is 10.6 Å². The largest absolute Gasteiger partial charge is 0.492 e. The van der Waals surface area contributed by atoms with E-state index in [1.54, 1.807) is 0 Å². The van der Waals surface area contributed by atoms with Crippen LogP contribution in [0.15, 0.2) is 35.4 Å². The van der Waals surface area contributed by atoms with E-state index in [2.05, 4.69) is 19.0 Å². The van der Waals surface area contributed by atoms with Crippen LogP contribution in [0.3, 0.4) is 0 Å². The van der Waals surface area contributed by atoms with Gasteiger partial charge in [-0.1, -0.05) is 17.2 Å². The van der Waals surface area contributed by atoms with E-state index in [4.69, 9.17) is 10.1 Å². The minimum Gasteiger partial charge on any atom is -0.492 e. The van der Waals surface area contributed by atoms with Gasteiger partial charge in [0.1, 0.15) is 0 Å². The number of hydrogen-bond acceptors (Lipinski definition) is 8. The highest BCUT2D eigenvalue weighted by molar-refractivity contribution is 7.81. The predicted molar refractivity (Wildman–Crippen MR) is 76.1 cm³/mol. The fourth-order valence-corrected chi connectivity index (χ4v) is 1.91. The zero-order valence-corrected chi connectivity index (χ0v) is 12.3. The van der Waals surface area contributed by atoms with Crippen LogP contribution in [0.2, 0.25) is 0 Å². The summed E-state index contributed by atoms with van der Waals surface area (Å²) in [6.07, 6.45) is 0. The minimum atomic E-state index is -4.96. The third-order valence-corrected chi connectivity index (χ3v) is 2.90. The highest BCUT2D eigenvalue weighted by Gasteiger charge is 2.23. The molecule has 0 unspecified atom stereocenters. The Kier molecular flexibility index (Phi) is 4.50. The molecule has 3 N–H and O–H groups in total. The molecule has 0 spiro atoms. The Bertz CT molecular complexity index is 928. The number of hydrogen-bond donors (Lipinski definition) is 3. The van der Waals surface area contributed by atoms with E-state index in [0.29, 0.717) is 6.07 Å². The third-order valence-electron chi connectivity index (χ3n) is 2.51. The molecule has 2 rings (SSSR count). The number of nitrogens with zero attached hydrogens (tertiary/aromatic N) is 4. The second-order valence-electron chi connectivity index (χ2n) is 4.11. The SMILES string of the molecule is [N-]=[N+]=Nc1ccc(C(=O)On2c(O)cc(OS(=O)(=O)O)c2O)cc1. The maximum Gasteiger partial charge on any atom is 0.446 e. The Morgan fingerprint density at radius 1 is 1.25 bits per heavy atom. The Labute approximate surface area is 133 Å². The van der Waals surface area contributed by atoms with Crippen molar-refractivity contribution in [3.05, 3.63) is 46.3 Å². The molecule has 0 saturated carbocycles. The van der Waals surface area contributed by atoms with Gasteiger partial charge in [0.15, 0.2) is 0 Å². The van der Waals surface area contributed by atoms with E-state index < -0.39 is 33.9 Å². The molecule has 0 aliphatic carbocycles. The van der Waals surface area contributed by atoms with Crippen molar-refractivity contribution in [3.63, 3.8) is 0 Å². The van der Waals surface area contributed by atoms with E-state index in [1.165, 1.54) is 24.3 Å². The summed E-state index contributed by atoms with van der Waals surface area (Å²) < 4.78 is 33.9. The lowest BCUT2D eigenvalue weighted by Crippen LogP contribution is -2.19. The molecule has 0 radical (unpaired) electrons. The average Bonchev–Trinajstić information content (AvgIpc) is 2.74. The van der Waals surface area contributed by atoms with E-state index >= 15 is 0 Å². The van der Waals surface area contributed by atoms with E-state index in [0.717, 1.165) is 0 Å². The van der Waals surface area contributed by atoms with Gasteiger partial charge in [-0.25, -0.2) is 4.79 Å². The molecule has 0 aliphatic rings. The average molecular weight is 356 g/mol. The molecule has 12 nitrogen and oxygen atoms in total. The molecule has 0 saturated heterocycles. The maximum absolute atomic E-state index is 11.9. The van der Waals surface area contributed by atoms with Crippen molar-refractivity contribution < 1.29 is 37.0 Å². The van der Waals surface area contributed by atoms with Gasteiger partial charge in [0.05, 0.1) is 11.6 Å².